The van der Waals surface area contributed by atoms with Gasteiger partial charge in [0, 0.05) is 35.7 Å². The van der Waals surface area contributed by atoms with Crippen LogP contribution in [0.1, 0.15) is 17.9 Å². The number of halogens is 1. The largest absolute Gasteiger partial charge is 0.350 e. The number of nitrogens with zero attached hydrogens (tertiary/aromatic N) is 1. The van der Waals surface area contributed by atoms with E-state index in [0.29, 0.717) is 5.92 Å². The number of fused-ring (bicyclic) bond motifs is 1. The molecule has 1 unspecified atom stereocenters. The number of aryl methyl sites for hydroxylation is 1. The van der Waals surface area contributed by atoms with Crippen molar-refractivity contribution in [3.05, 3.63) is 35.0 Å². The lowest BCUT2D eigenvalue weighted by molar-refractivity contribution is 0.763. The minimum atomic E-state index is 0.657. The summed E-state index contributed by atoms with van der Waals surface area (Å²) in [6.07, 6.45) is 3.49. The van der Waals surface area contributed by atoms with E-state index < -0.39 is 0 Å². The molecule has 0 aliphatic carbocycles. The smallest absolute Gasteiger partial charge is 0.0495 e. The van der Waals surface area contributed by atoms with Gasteiger partial charge in [-0.25, -0.2) is 0 Å². The van der Waals surface area contributed by atoms with Crippen molar-refractivity contribution in [2.24, 2.45) is 7.05 Å². The first-order valence-corrected chi connectivity index (χ1v) is 6.08. The molecule has 1 aliphatic heterocycles. The van der Waals surface area contributed by atoms with E-state index in [1.165, 1.54) is 22.9 Å². The fraction of sp³-hybridized carbons (Fsp3) is 0.385. The minimum absolute atomic E-state index is 0.657. The van der Waals surface area contributed by atoms with Gasteiger partial charge in [0.15, 0.2) is 0 Å². The molecule has 1 aliphatic rings. The topological polar surface area (TPSA) is 17.0 Å². The van der Waals surface area contributed by atoms with Gasteiger partial charge in [-0.2, -0.15) is 0 Å². The zero-order valence-corrected chi connectivity index (χ0v) is 10.1. The third-order valence-electron chi connectivity index (χ3n) is 3.48. The summed E-state index contributed by atoms with van der Waals surface area (Å²) < 4.78 is 2.18. The van der Waals surface area contributed by atoms with Crippen molar-refractivity contribution in [3.63, 3.8) is 0 Å². The van der Waals surface area contributed by atoms with E-state index in [4.69, 9.17) is 11.6 Å². The molecule has 3 heteroatoms. The van der Waals surface area contributed by atoms with Crippen LogP contribution in [0.2, 0.25) is 5.02 Å². The van der Waals surface area contributed by atoms with Gasteiger partial charge in [-0.3, -0.25) is 0 Å². The number of rotatable bonds is 1. The average molecular weight is 235 g/mol. The van der Waals surface area contributed by atoms with Crippen molar-refractivity contribution < 1.29 is 0 Å². The van der Waals surface area contributed by atoms with Crippen LogP contribution in [0.15, 0.2) is 24.4 Å². The second-order valence-electron chi connectivity index (χ2n) is 4.55. The molecule has 16 heavy (non-hydrogen) atoms. The van der Waals surface area contributed by atoms with Gasteiger partial charge in [0.05, 0.1) is 0 Å². The Hall–Kier alpha value is -0.990. The summed E-state index contributed by atoms with van der Waals surface area (Å²) >= 11 is 6.03. The molecular weight excluding hydrogens is 220 g/mol. The highest BCUT2D eigenvalue weighted by Gasteiger charge is 2.20. The predicted octanol–water partition coefficient (Wildman–Crippen LogP) is 2.91. The zero-order valence-electron chi connectivity index (χ0n) is 9.33. The van der Waals surface area contributed by atoms with Crippen LogP contribution in [0.5, 0.6) is 0 Å². The van der Waals surface area contributed by atoms with Gasteiger partial charge >= 0.3 is 0 Å². The molecule has 3 rings (SSSR count). The first-order chi connectivity index (χ1) is 7.75. The molecule has 0 amide bonds. The number of benzene rings is 1. The first-order valence-electron chi connectivity index (χ1n) is 5.71. The molecule has 0 radical (unpaired) electrons. The van der Waals surface area contributed by atoms with Gasteiger partial charge in [-0.1, -0.05) is 17.7 Å². The van der Waals surface area contributed by atoms with Gasteiger partial charge in [0.2, 0.25) is 0 Å². The Balaban J connectivity index is 2.18. The maximum Gasteiger partial charge on any atom is 0.0495 e. The lowest BCUT2D eigenvalue weighted by Gasteiger charge is -2.06. The predicted molar refractivity (Wildman–Crippen MR) is 68.2 cm³/mol. The van der Waals surface area contributed by atoms with Crippen LogP contribution in [-0.2, 0) is 7.05 Å². The van der Waals surface area contributed by atoms with Crippen molar-refractivity contribution in [2.75, 3.05) is 13.1 Å². The Morgan fingerprint density at radius 2 is 2.31 bits per heavy atom. The Bertz CT molecular complexity index is 524. The van der Waals surface area contributed by atoms with Crippen molar-refractivity contribution >= 4 is 22.5 Å². The minimum Gasteiger partial charge on any atom is -0.350 e. The van der Waals surface area contributed by atoms with E-state index in [1.807, 2.05) is 12.1 Å². The molecule has 0 saturated carbocycles. The Kier molecular flexibility index (Phi) is 2.41. The van der Waals surface area contributed by atoms with Gasteiger partial charge in [0.1, 0.15) is 0 Å². The van der Waals surface area contributed by atoms with Gasteiger partial charge in [0.25, 0.3) is 0 Å². The highest BCUT2D eigenvalue weighted by atomic mass is 35.5. The highest BCUT2D eigenvalue weighted by molar-refractivity contribution is 6.31. The van der Waals surface area contributed by atoms with Crippen LogP contribution in [0.25, 0.3) is 10.9 Å². The molecule has 0 bridgehead atoms. The summed E-state index contributed by atoms with van der Waals surface area (Å²) in [6, 6.07) is 6.17. The number of aromatic nitrogens is 1. The normalized spacial score (nSPS) is 20.8. The molecule has 0 spiro atoms. The van der Waals surface area contributed by atoms with Gasteiger partial charge in [-0.05, 0) is 36.6 Å². The standard InChI is InChI=1S/C13H15ClN2/c1-16-8-12(9-4-5-15-7-9)11-3-2-10(14)6-13(11)16/h2-3,6,8-9,15H,4-5,7H2,1H3. The first kappa shape index (κ1) is 10.2. The zero-order chi connectivity index (χ0) is 11.1. The average Bonchev–Trinajstić information content (AvgIpc) is 2.87. The molecule has 84 valence electrons. The molecule has 1 fully saturated rings. The lowest BCUT2D eigenvalue weighted by atomic mass is 9.98. The number of hydrogen-bond donors (Lipinski definition) is 1. The number of nitrogens with one attached hydrogen (secondary N) is 1. The highest BCUT2D eigenvalue weighted by Crippen LogP contribution is 2.32. The molecule has 1 N–H and O–H groups in total. The lowest BCUT2D eigenvalue weighted by Crippen LogP contribution is -2.07. The maximum atomic E-state index is 6.03. The SMILES string of the molecule is Cn1cc(C2CCNC2)c2ccc(Cl)cc21. The molecule has 1 aromatic heterocycles. The molecule has 2 heterocycles. The van der Waals surface area contributed by atoms with Crippen LogP contribution < -0.4 is 5.32 Å². The fourth-order valence-corrected chi connectivity index (χ4v) is 2.80. The van der Waals surface area contributed by atoms with E-state index in [0.717, 1.165) is 18.1 Å². The van der Waals surface area contributed by atoms with E-state index >= 15 is 0 Å². The van der Waals surface area contributed by atoms with Crippen LogP contribution in [0.3, 0.4) is 0 Å². The summed E-state index contributed by atoms with van der Waals surface area (Å²) in [5.74, 6) is 0.657. The van der Waals surface area contributed by atoms with E-state index in [-0.39, 0.29) is 0 Å². The Morgan fingerprint density at radius 1 is 1.44 bits per heavy atom. The van der Waals surface area contributed by atoms with E-state index in [1.54, 1.807) is 0 Å². The van der Waals surface area contributed by atoms with Gasteiger partial charge in [-0.15, -0.1) is 0 Å². The third kappa shape index (κ3) is 1.53. The quantitative estimate of drug-likeness (QED) is 0.803. The Morgan fingerprint density at radius 3 is 3.06 bits per heavy atom. The summed E-state index contributed by atoms with van der Waals surface area (Å²) in [5, 5.41) is 5.58. The van der Waals surface area contributed by atoms with Crippen molar-refractivity contribution in [1.82, 2.24) is 9.88 Å². The van der Waals surface area contributed by atoms with Crippen LogP contribution in [-0.4, -0.2) is 17.7 Å². The summed E-state index contributed by atoms with van der Waals surface area (Å²) in [5.41, 5.74) is 2.69. The monoisotopic (exact) mass is 234 g/mol. The summed E-state index contributed by atoms with van der Waals surface area (Å²) in [7, 11) is 2.09. The van der Waals surface area contributed by atoms with Crippen molar-refractivity contribution in [1.29, 1.82) is 0 Å². The van der Waals surface area contributed by atoms with Crippen LogP contribution in [0.4, 0.5) is 0 Å². The Labute approximate surface area is 100 Å². The number of hydrogen-bond acceptors (Lipinski definition) is 1. The summed E-state index contributed by atoms with van der Waals surface area (Å²) in [4.78, 5) is 0. The molecular formula is C13H15ClN2. The second kappa shape index (κ2) is 3.79. The van der Waals surface area contributed by atoms with Crippen molar-refractivity contribution in [3.8, 4) is 0 Å². The van der Waals surface area contributed by atoms with Crippen molar-refractivity contribution in [2.45, 2.75) is 12.3 Å². The fourth-order valence-electron chi connectivity index (χ4n) is 2.63. The molecule has 2 aromatic rings. The molecule has 2 nitrogen and oxygen atoms in total. The van der Waals surface area contributed by atoms with Gasteiger partial charge < -0.3 is 9.88 Å². The molecule has 1 saturated heterocycles. The van der Waals surface area contributed by atoms with E-state index in [2.05, 4.69) is 29.2 Å². The molecule has 1 aromatic carbocycles. The third-order valence-corrected chi connectivity index (χ3v) is 3.72. The second-order valence-corrected chi connectivity index (χ2v) is 4.98. The molecule has 1 atom stereocenters. The van der Waals surface area contributed by atoms with Crippen LogP contribution >= 0.6 is 11.6 Å². The summed E-state index contributed by atoms with van der Waals surface area (Å²) in [6.45, 7) is 2.23. The van der Waals surface area contributed by atoms with Crippen LogP contribution in [0, 0.1) is 0 Å². The van der Waals surface area contributed by atoms with E-state index in [9.17, 15) is 0 Å². The maximum absolute atomic E-state index is 6.03.